The lowest BCUT2D eigenvalue weighted by atomic mass is 10.1. The maximum absolute atomic E-state index is 11.9. The van der Waals surface area contributed by atoms with E-state index in [0.717, 1.165) is 0 Å². The van der Waals surface area contributed by atoms with Gasteiger partial charge in [-0.2, -0.15) is 0 Å². The second-order valence-corrected chi connectivity index (χ2v) is 2.31. The van der Waals surface area contributed by atoms with Crippen LogP contribution >= 0.6 is 0 Å². The van der Waals surface area contributed by atoms with Crippen molar-refractivity contribution in [3.05, 3.63) is 0 Å². The van der Waals surface area contributed by atoms with E-state index in [9.17, 15) is 4.39 Å². The van der Waals surface area contributed by atoms with Gasteiger partial charge in [-0.05, 0) is 0 Å². The Hall–Kier alpha value is -0.270. The Labute approximate surface area is 62.5 Å². The molecular weight excluding hydrogens is 157 g/mol. The van der Waals surface area contributed by atoms with E-state index in [1.165, 1.54) is 0 Å². The van der Waals surface area contributed by atoms with Gasteiger partial charge in [-0.3, -0.25) is 4.84 Å². The lowest BCUT2D eigenvalue weighted by Crippen LogP contribution is -2.37. The Bertz CT molecular complexity index is 136. The first-order valence-electron chi connectivity index (χ1n) is 3.13. The summed E-state index contributed by atoms with van der Waals surface area (Å²) in [6, 6.07) is 0. The second kappa shape index (κ2) is 3.42. The Morgan fingerprint density at radius 3 is 2.45 bits per heavy atom. The Balaban J connectivity index is 2.55. The standard InChI is InChI=1S/C5H10FNO4/c6-1-2-3(8)4(11-7)5(9)10-2/h2-5,8-9H,1,7H2/t2-,3?,4?,5?/m1/s1. The van der Waals surface area contributed by atoms with Gasteiger partial charge in [-0.1, -0.05) is 0 Å². The zero-order chi connectivity index (χ0) is 8.43. The van der Waals surface area contributed by atoms with Gasteiger partial charge in [0.1, 0.15) is 18.9 Å². The minimum absolute atomic E-state index is 0.877. The number of alkyl halides is 1. The normalized spacial score (nSPS) is 44.7. The van der Waals surface area contributed by atoms with Crippen LogP contribution in [0.25, 0.3) is 0 Å². The molecule has 1 fully saturated rings. The van der Waals surface area contributed by atoms with Crippen LogP contribution in [-0.2, 0) is 9.57 Å². The fourth-order valence-electron chi connectivity index (χ4n) is 0.993. The van der Waals surface area contributed by atoms with Gasteiger partial charge in [0, 0.05) is 0 Å². The number of aliphatic hydroxyl groups is 2. The minimum Gasteiger partial charge on any atom is -0.387 e. The number of nitrogens with two attached hydrogens (primary N) is 1. The van der Waals surface area contributed by atoms with Crippen LogP contribution < -0.4 is 5.90 Å². The first kappa shape index (κ1) is 8.82. The largest absolute Gasteiger partial charge is 0.387 e. The van der Waals surface area contributed by atoms with Gasteiger partial charge < -0.3 is 14.9 Å². The molecule has 0 amide bonds. The van der Waals surface area contributed by atoms with Crippen LogP contribution in [-0.4, -0.2) is 41.5 Å². The summed E-state index contributed by atoms with van der Waals surface area (Å²) >= 11 is 0. The van der Waals surface area contributed by atoms with Gasteiger partial charge >= 0.3 is 0 Å². The zero-order valence-electron chi connectivity index (χ0n) is 5.68. The van der Waals surface area contributed by atoms with Crippen LogP contribution in [0, 0.1) is 0 Å². The molecule has 1 aliphatic heterocycles. The Morgan fingerprint density at radius 1 is 1.55 bits per heavy atom. The first-order valence-corrected chi connectivity index (χ1v) is 3.13. The molecule has 0 aromatic carbocycles. The van der Waals surface area contributed by atoms with Crippen molar-refractivity contribution in [1.82, 2.24) is 0 Å². The van der Waals surface area contributed by atoms with Crippen LogP contribution in [0.1, 0.15) is 0 Å². The summed E-state index contributed by atoms with van der Waals surface area (Å²) in [4.78, 5) is 4.18. The topological polar surface area (TPSA) is 84.9 Å². The van der Waals surface area contributed by atoms with E-state index >= 15 is 0 Å². The molecule has 1 heterocycles. The third kappa shape index (κ3) is 1.49. The molecule has 0 aromatic heterocycles. The van der Waals surface area contributed by atoms with Crippen LogP contribution in [0.5, 0.6) is 0 Å². The molecule has 0 saturated carbocycles. The highest BCUT2D eigenvalue weighted by Crippen LogP contribution is 2.21. The predicted octanol–water partition coefficient (Wildman–Crippen LogP) is -1.71. The van der Waals surface area contributed by atoms with E-state index in [1.807, 2.05) is 0 Å². The minimum atomic E-state index is -1.35. The molecule has 6 heteroatoms. The van der Waals surface area contributed by atoms with Gasteiger partial charge in [0.15, 0.2) is 12.4 Å². The summed E-state index contributed by atoms with van der Waals surface area (Å²) < 4.78 is 16.5. The number of rotatable bonds is 2. The smallest absolute Gasteiger partial charge is 0.186 e. The van der Waals surface area contributed by atoms with Crippen LogP contribution in [0.4, 0.5) is 4.39 Å². The molecule has 3 unspecified atom stereocenters. The molecular formula is C5H10FNO4. The summed E-state index contributed by atoms with van der Waals surface area (Å²) in [5.74, 6) is 4.71. The monoisotopic (exact) mass is 167 g/mol. The fraction of sp³-hybridized carbons (Fsp3) is 1.00. The van der Waals surface area contributed by atoms with Gasteiger partial charge in [0.05, 0.1) is 0 Å². The fourth-order valence-corrected chi connectivity index (χ4v) is 0.993. The van der Waals surface area contributed by atoms with E-state index in [0.29, 0.717) is 0 Å². The van der Waals surface area contributed by atoms with Gasteiger partial charge in [0.25, 0.3) is 0 Å². The highest BCUT2D eigenvalue weighted by atomic mass is 19.1. The predicted molar refractivity (Wildman–Crippen MR) is 31.9 cm³/mol. The van der Waals surface area contributed by atoms with E-state index in [4.69, 9.17) is 16.1 Å². The van der Waals surface area contributed by atoms with Gasteiger partial charge in [-0.15, -0.1) is 0 Å². The zero-order valence-corrected chi connectivity index (χ0v) is 5.68. The number of halogens is 1. The summed E-state index contributed by atoms with van der Waals surface area (Å²) in [5.41, 5.74) is 0. The highest BCUT2D eigenvalue weighted by Gasteiger charge is 2.43. The molecule has 0 radical (unpaired) electrons. The lowest BCUT2D eigenvalue weighted by Gasteiger charge is -2.12. The number of hydrogen-bond donors (Lipinski definition) is 3. The van der Waals surface area contributed by atoms with Crippen molar-refractivity contribution in [3.63, 3.8) is 0 Å². The molecule has 5 nitrogen and oxygen atoms in total. The molecule has 1 saturated heterocycles. The maximum Gasteiger partial charge on any atom is 0.186 e. The van der Waals surface area contributed by atoms with Crippen molar-refractivity contribution < 1.29 is 24.2 Å². The van der Waals surface area contributed by atoms with Crippen molar-refractivity contribution in [2.45, 2.75) is 24.6 Å². The highest BCUT2D eigenvalue weighted by molar-refractivity contribution is 4.86. The first-order chi connectivity index (χ1) is 5.20. The van der Waals surface area contributed by atoms with Crippen molar-refractivity contribution in [1.29, 1.82) is 0 Å². The summed E-state index contributed by atoms with van der Waals surface area (Å²) in [5, 5.41) is 18.0. The average molecular weight is 167 g/mol. The molecule has 0 aromatic rings. The molecule has 1 rings (SSSR count). The molecule has 0 aliphatic carbocycles. The van der Waals surface area contributed by atoms with Crippen molar-refractivity contribution >= 4 is 0 Å². The SMILES string of the molecule is NOC1C(O)O[C@H](CF)C1O. The quantitative estimate of drug-likeness (QED) is 0.426. The van der Waals surface area contributed by atoms with Crippen molar-refractivity contribution in [2.24, 2.45) is 5.90 Å². The van der Waals surface area contributed by atoms with E-state index in [-0.39, 0.29) is 0 Å². The lowest BCUT2D eigenvalue weighted by molar-refractivity contribution is -0.145. The number of aliphatic hydroxyl groups excluding tert-OH is 2. The van der Waals surface area contributed by atoms with Crippen LogP contribution in [0.2, 0.25) is 0 Å². The Kier molecular flexibility index (Phi) is 2.74. The third-order valence-electron chi connectivity index (χ3n) is 1.62. The van der Waals surface area contributed by atoms with Gasteiger partial charge in [0.2, 0.25) is 0 Å². The number of ether oxygens (including phenoxy) is 1. The molecule has 1 aliphatic rings. The molecule has 4 atom stereocenters. The average Bonchev–Trinajstić information content (AvgIpc) is 2.26. The molecule has 0 spiro atoms. The van der Waals surface area contributed by atoms with Gasteiger partial charge in [-0.25, -0.2) is 10.3 Å². The van der Waals surface area contributed by atoms with Crippen LogP contribution in [0.3, 0.4) is 0 Å². The van der Waals surface area contributed by atoms with Crippen LogP contribution in [0.15, 0.2) is 0 Å². The summed E-state index contributed by atoms with van der Waals surface area (Å²) in [7, 11) is 0. The number of hydrogen-bond acceptors (Lipinski definition) is 5. The van der Waals surface area contributed by atoms with E-state index in [2.05, 4.69) is 9.57 Å². The molecule has 11 heavy (non-hydrogen) atoms. The van der Waals surface area contributed by atoms with Crippen molar-refractivity contribution in [3.8, 4) is 0 Å². The van der Waals surface area contributed by atoms with Crippen molar-refractivity contribution in [2.75, 3.05) is 6.67 Å². The van der Waals surface area contributed by atoms with E-state index in [1.54, 1.807) is 0 Å². The summed E-state index contributed by atoms with van der Waals surface area (Å²) in [6.45, 7) is -0.877. The second-order valence-electron chi connectivity index (χ2n) is 2.31. The molecule has 0 bridgehead atoms. The van der Waals surface area contributed by atoms with E-state index < -0.39 is 31.3 Å². The Morgan fingerprint density at radius 2 is 2.18 bits per heavy atom. The third-order valence-corrected chi connectivity index (χ3v) is 1.62. The molecule has 4 N–H and O–H groups in total. The summed E-state index contributed by atoms with van der Waals surface area (Å²) in [6.07, 6.45) is -4.66. The molecule has 66 valence electrons. The maximum atomic E-state index is 11.9.